The van der Waals surface area contributed by atoms with Crippen LogP contribution in [0, 0.1) is 0 Å². The average Bonchev–Trinajstić information content (AvgIpc) is 3.05. The Kier molecular flexibility index (Phi) is 4.95. The number of aromatic carboxylic acids is 1. The summed E-state index contributed by atoms with van der Waals surface area (Å²) in [4.78, 5) is 35.5. The number of amides is 1. The number of nitrogens with zero attached hydrogens (tertiary/aromatic N) is 1. The standard InChI is InChI=1S/C17H12ClN3O6/c1-26-11-5-3-10(4-6-11)21-14(17(25)27-20-21)15(22)19-13-8-9(16(23)24)2-7-12(13)18/h2-8H,1H3,(H2-,19,20,22,23,24,25). The van der Waals surface area contributed by atoms with Gasteiger partial charge in [-0.3, -0.25) is 9.32 Å². The molecular formula is C17H12ClN3O6. The third-order valence-corrected chi connectivity index (χ3v) is 3.97. The van der Waals surface area contributed by atoms with Crippen LogP contribution in [0.5, 0.6) is 5.75 Å². The first-order valence-corrected chi connectivity index (χ1v) is 7.88. The fourth-order valence-corrected chi connectivity index (χ4v) is 2.47. The van der Waals surface area contributed by atoms with Crippen LogP contribution in [0.15, 0.2) is 51.8 Å². The molecule has 2 N–H and O–H groups in total. The van der Waals surface area contributed by atoms with E-state index in [4.69, 9.17) is 20.9 Å². The molecule has 0 atom stereocenters. The normalized spacial score (nSPS) is 10.4. The third kappa shape index (κ3) is 3.67. The number of carbonyl (C=O) groups is 2. The molecular weight excluding hydrogens is 378 g/mol. The van der Waals surface area contributed by atoms with Gasteiger partial charge in [-0.05, 0) is 39.8 Å². The topological polar surface area (TPSA) is 128 Å². The van der Waals surface area contributed by atoms with Gasteiger partial charge in [0.1, 0.15) is 5.75 Å². The van der Waals surface area contributed by atoms with Gasteiger partial charge < -0.3 is 20.0 Å². The Morgan fingerprint density at radius 2 is 1.93 bits per heavy atom. The minimum absolute atomic E-state index is 0.00486. The largest absolute Gasteiger partial charge is 0.545 e. The molecule has 0 saturated carbocycles. The fourth-order valence-electron chi connectivity index (χ4n) is 2.31. The third-order valence-electron chi connectivity index (χ3n) is 3.64. The number of carboxylic acid groups (broad SMARTS) is 1. The Morgan fingerprint density at radius 3 is 2.56 bits per heavy atom. The van der Waals surface area contributed by atoms with Gasteiger partial charge in [0, 0.05) is 12.1 Å². The maximum Gasteiger partial charge on any atom is 0.441 e. The fraction of sp³-hybridized carbons (Fsp3) is 0.0588. The molecule has 0 fully saturated rings. The van der Waals surface area contributed by atoms with Crippen molar-refractivity contribution in [3.05, 3.63) is 69.2 Å². The van der Waals surface area contributed by atoms with Crippen molar-refractivity contribution in [3.8, 4) is 11.4 Å². The number of rotatable bonds is 5. The highest BCUT2D eigenvalue weighted by Crippen LogP contribution is 2.23. The minimum Gasteiger partial charge on any atom is -0.545 e. The van der Waals surface area contributed by atoms with Crippen molar-refractivity contribution in [1.82, 2.24) is 5.27 Å². The smallest absolute Gasteiger partial charge is 0.441 e. The summed E-state index contributed by atoms with van der Waals surface area (Å²) in [6.07, 6.45) is 0. The number of hydrogen-bond acceptors (Lipinski definition) is 6. The van der Waals surface area contributed by atoms with E-state index in [0.29, 0.717) is 11.4 Å². The lowest BCUT2D eigenvalue weighted by Crippen LogP contribution is -2.42. The molecule has 0 bridgehead atoms. The van der Waals surface area contributed by atoms with Crippen LogP contribution in [0.1, 0.15) is 20.8 Å². The quantitative estimate of drug-likeness (QED) is 0.612. The van der Waals surface area contributed by atoms with E-state index in [1.165, 1.54) is 19.2 Å². The lowest BCUT2D eigenvalue weighted by atomic mass is 10.2. The number of benzene rings is 2. The molecule has 0 spiro atoms. The van der Waals surface area contributed by atoms with Crippen LogP contribution in [0.25, 0.3) is 5.69 Å². The molecule has 2 aromatic carbocycles. The molecule has 27 heavy (non-hydrogen) atoms. The number of H-pyrrole nitrogens is 1. The number of halogens is 1. The highest BCUT2D eigenvalue weighted by Gasteiger charge is 2.31. The maximum absolute atomic E-state index is 12.6. The second-order valence-electron chi connectivity index (χ2n) is 5.30. The molecule has 0 unspecified atom stereocenters. The number of aromatic amines is 1. The summed E-state index contributed by atoms with van der Waals surface area (Å²) in [6, 6.07) is 10.1. The lowest BCUT2D eigenvalue weighted by Gasteiger charge is -2.08. The van der Waals surface area contributed by atoms with Gasteiger partial charge in [0.2, 0.25) is 5.69 Å². The molecule has 1 amide bonds. The van der Waals surface area contributed by atoms with Crippen molar-refractivity contribution in [1.29, 1.82) is 0 Å². The van der Waals surface area contributed by atoms with Crippen LogP contribution < -0.4 is 25.5 Å². The molecule has 0 aliphatic carbocycles. The summed E-state index contributed by atoms with van der Waals surface area (Å²) < 4.78 is 10.9. The first-order chi connectivity index (χ1) is 12.9. The second kappa shape index (κ2) is 7.34. The van der Waals surface area contributed by atoms with Crippen LogP contribution in [0.3, 0.4) is 0 Å². The summed E-state index contributed by atoms with van der Waals surface area (Å²) in [6.45, 7) is 0. The van der Waals surface area contributed by atoms with Gasteiger partial charge in [0.15, 0.2) is 0 Å². The zero-order valence-electron chi connectivity index (χ0n) is 13.8. The molecule has 0 saturated heterocycles. The van der Waals surface area contributed by atoms with Gasteiger partial charge in [-0.1, -0.05) is 17.7 Å². The molecule has 138 valence electrons. The molecule has 0 aliphatic heterocycles. The Morgan fingerprint density at radius 1 is 1.22 bits per heavy atom. The van der Waals surface area contributed by atoms with E-state index in [1.54, 1.807) is 24.3 Å². The number of carboxylic acids is 1. The number of nitrogens with one attached hydrogen (secondary N) is 2. The van der Waals surface area contributed by atoms with Crippen molar-refractivity contribution in [3.63, 3.8) is 0 Å². The summed E-state index contributed by atoms with van der Waals surface area (Å²) in [5, 5.41) is 15.8. The monoisotopic (exact) mass is 389 g/mol. The number of methoxy groups -OCH3 is 1. The van der Waals surface area contributed by atoms with Crippen LogP contribution in [0.2, 0.25) is 5.02 Å². The number of carbonyl (C=O) groups excluding carboxylic acids is 2. The zero-order valence-corrected chi connectivity index (χ0v) is 14.6. The van der Waals surface area contributed by atoms with E-state index >= 15 is 0 Å². The Labute approximate surface area is 156 Å². The predicted molar refractivity (Wildman–Crippen MR) is 91.1 cm³/mol. The summed E-state index contributed by atoms with van der Waals surface area (Å²) in [5.41, 5.74) is -1.03. The van der Waals surface area contributed by atoms with E-state index in [2.05, 4.69) is 10.6 Å². The maximum atomic E-state index is 12.6. The predicted octanol–water partition coefficient (Wildman–Crippen LogP) is 0.522. The minimum atomic E-state index is -1.43. The molecule has 3 rings (SSSR count). The van der Waals surface area contributed by atoms with Crippen LogP contribution in [-0.2, 0) is 0 Å². The van der Waals surface area contributed by atoms with Crippen molar-refractivity contribution >= 4 is 29.2 Å². The van der Waals surface area contributed by atoms with Crippen molar-refractivity contribution in [2.45, 2.75) is 0 Å². The molecule has 10 heteroatoms. The molecule has 0 radical (unpaired) electrons. The van der Waals surface area contributed by atoms with Gasteiger partial charge in [0.25, 0.3) is 0 Å². The highest BCUT2D eigenvalue weighted by molar-refractivity contribution is 6.34. The van der Waals surface area contributed by atoms with Crippen molar-refractivity contribution in [2.75, 3.05) is 12.4 Å². The highest BCUT2D eigenvalue weighted by atomic mass is 35.5. The Balaban J connectivity index is 1.96. The second-order valence-corrected chi connectivity index (χ2v) is 5.71. The first-order valence-electron chi connectivity index (χ1n) is 7.51. The zero-order chi connectivity index (χ0) is 19.6. The Hall–Kier alpha value is -3.59. The number of ether oxygens (including phenoxy) is 1. The number of hydrogen-bond donors (Lipinski definition) is 2. The summed E-state index contributed by atoms with van der Waals surface area (Å²) in [7, 11) is 1.51. The molecule has 3 aromatic rings. The summed E-state index contributed by atoms with van der Waals surface area (Å²) in [5.74, 6) is -1.70. The van der Waals surface area contributed by atoms with E-state index in [-0.39, 0.29) is 22.0 Å². The molecule has 0 aliphatic rings. The van der Waals surface area contributed by atoms with Gasteiger partial charge in [-0.15, -0.1) is 0 Å². The number of anilines is 1. The van der Waals surface area contributed by atoms with Crippen LogP contribution >= 0.6 is 11.6 Å². The Bertz CT molecular complexity index is 1070. The van der Waals surface area contributed by atoms with E-state index < -0.39 is 17.5 Å². The average molecular weight is 390 g/mol. The van der Waals surface area contributed by atoms with Crippen LogP contribution in [0.4, 0.5) is 5.69 Å². The van der Waals surface area contributed by atoms with E-state index in [0.717, 1.165) is 10.7 Å². The lowest BCUT2D eigenvalue weighted by molar-refractivity contribution is -0.672. The van der Waals surface area contributed by atoms with Crippen LogP contribution in [-0.4, -0.2) is 24.3 Å². The van der Waals surface area contributed by atoms with Gasteiger partial charge in [-0.2, -0.15) is 0 Å². The SMILES string of the molecule is COc1ccc(-[n+]2[nH]oc(=O)c2C(=O)Nc2cc(C(=O)[O-])ccc2Cl)cc1. The molecule has 1 heterocycles. The summed E-state index contributed by atoms with van der Waals surface area (Å²) >= 11 is 5.98. The number of aromatic nitrogens is 2. The van der Waals surface area contributed by atoms with Crippen molar-refractivity contribution < 1.29 is 28.6 Å². The van der Waals surface area contributed by atoms with Gasteiger partial charge in [0.05, 0.1) is 23.8 Å². The van der Waals surface area contributed by atoms with Crippen molar-refractivity contribution in [2.24, 2.45) is 0 Å². The van der Waals surface area contributed by atoms with E-state index in [9.17, 15) is 19.5 Å². The first kappa shape index (κ1) is 18.2. The van der Waals surface area contributed by atoms with E-state index in [1.807, 2.05) is 0 Å². The molecule has 1 aromatic heterocycles. The van der Waals surface area contributed by atoms with Gasteiger partial charge in [-0.25, -0.2) is 4.79 Å². The van der Waals surface area contributed by atoms with Gasteiger partial charge >= 0.3 is 17.2 Å². The molecule has 9 nitrogen and oxygen atoms in total.